The van der Waals surface area contributed by atoms with Crippen molar-refractivity contribution >= 4 is 5.91 Å². The van der Waals surface area contributed by atoms with Crippen molar-refractivity contribution in [2.75, 3.05) is 26.3 Å². The highest BCUT2D eigenvalue weighted by atomic mass is 16.5. The topological polar surface area (TPSA) is 99.8 Å². The molecule has 2 aliphatic heterocycles. The molecule has 0 aromatic carbocycles. The van der Waals surface area contributed by atoms with Gasteiger partial charge in [0.1, 0.15) is 17.6 Å². The Morgan fingerprint density at radius 2 is 2.16 bits per heavy atom. The summed E-state index contributed by atoms with van der Waals surface area (Å²) in [5, 5.41) is 13.6. The van der Waals surface area contributed by atoms with E-state index in [1.165, 1.54) is 0 Å². The lowest BCUT2D eigenvalue weighted by Crippen LogP contribution is -2.34. The van der Waals surface area contributed by atoms with E-state index in [0.717, 1.165) is 37.7 Å². The quantitative estimate of drug-likeness (QED) is 0.881. The summed E-state index contributed by atoms with van der Waals surface area (Å²) in [5.41, 5.74) is 0.917. The predicted molar refractivity (Wildman–Crippen MR) is 87.9 cm³/mol. The van der Waals surface area contributed by atoms with Crippen LogP contribution in [0.5, 0.6) is 0 Å². The largest absolute Gasteiger partial charge is 0.381 e. The molecule has 0 saturated carbocycles. The Balaban J connectivity index is 1.44. The van der Waals surface area contributed by atoms with E-state index in [2.05, 4.69) is 10.1 Å². The van der Waals surface area contributed by atoms with Crippen molar-refractivity contribution in [3.05, 3.63) is 35.2 Å². The van der Waals surface area contributed by atoms with Crippen LogP contribution in [0.15, 0.2) is 12.3 Å². The molecule has 2 aromatic heterocycles. The van der Waals surface area contributed by atoms with Crippen molar-refractivity contribution in [1.82, 2.24) is 24.6 Å². The molecule has 0 radical (unpaired) electrons. The maximum absolute atomic E-state index is 12.6. The number of hydrogen-bond donors (Lipinski definition) is 1. The summed E-state index contributed by atoms with van der Waals surface area (Å²) in [6, 6.07) is 3.62. The fourth-order valence-electron chi connectivity index (χ4n) is 3.40. The highest BCUT2D eigenvalue weighted by molar-refractivity contribution is 5.92. The molecule has 1 N–H and O–H groups in total. The van der Waals surface area contributed by atoms with E-state index in [0.29, 0.717) is 43.2 Å². The van der Waals surface area contributed by atoms with Gasteiger partial charge in [0, 0.05) is 44.8 Å². The monoisotopic (exact) mass is 340 g/mol. The first-order valence-electron chi connectivity index (χ1n) is 8.64. The Kier molecular flexibility index (Phi) is 4.24. The lowest BCUT2D eigenvalue weighted by molar-refractivity contribution is 0.0751. The molecule has 0 atom stereocenters. The number of ether oxygens (including phenoxy) is 1. The van der Waals surface area contributed by atoms with Crippen LogP contribution in [0.4, 0.5) is 0 Å². The van der Waals surface area contributed by atoms with Gasteiger partial charge in [0.2, 0.25) is 0 Å². The number of nitrogens with one attached hydrogen (secondary N) is 1. The number of hydrogen-bond acceptors (Lipinski definition) is 5. The maximum atomic E-state index is 12.6. The predicted octanol–water partition coefficient (Wildman–Crippen LogP) is 1.07. The number of amides is 1. The zero-order valence-electron chi connectivity index (χ0n) is 13.9. The van der Waals surface area contributed by atoms with Crippen molar-refractivity contribution in [1.29, 1.82) is 5.26 Å². The smallest absolute Gasteiger partial charge is 0.270 e. The molecule has 8 heteroatoms. The summed E-state index contributed by atoms with van der Waals surface area (Å²) in [6.07, 6.45) is 4.19. The molecular weight excluding hydrogens is 320 g/mol. The Morgan fingerprint density at radius 1 is 1.32 bits per heavy atom. The van der Waals surface area contributed by atoms with Gasteiger partial charge >= 0.3 is 0 Å². The number of rotatable bonds is 2. The van der Waals surface area contributed by atoms with Gasteiger partial charge in [-0.25, -0.2) is 9.67 Å². The minimum Gasteiger partial charge on any atom is -0.381 e. The lowest BCUT2D eigenvalue weighted by atomic mass is 10.00. The second-order valence-electron chi connectivity index (χ2n) is 6.45. The molecule has 0 unspecified atom stereocenters. The highest BCUT2D eigenvalue weighted by Gasteiger charge is 2.25. The van der Waals surface area contributed by atoms with Crippen LogP contribution in [-0.4, -0.2) is 56.9 Å². The number of nitriles is 1. The second-order valence-corrected chi connectivity index (χ2v) is 6.45. The van der Waals surface area contributed by atoms with Crippen LogP contribution in [0, 0.1) is 11.3 Å². The number of nitrogens with zero attached hydrogens (tertiary/aromatic N) is 5. The first kappa shape index (κ1) is 15.8. The number of H-pyrrole nitrogens is 1. The molecule has 2 aromatic rings. The molecule has 2 aliphatic rings. The Morgan fingerprint density at radius 3 is 2.92 bits per heavy atom. The van der Waals surface area contributed by atoms with Crippen LogP contribution in [0.1, 0.15) is 46.5 Å². The van der Waals surface area contributed by atoms with Crippen molar-refractivity contribution in [3.63, 3.8) is 0 Å². The first-order chi connectivity index (χ1) is 12.2. The van der Waals surface area contributed by atoms with Crippen LogP contribution < -0.4 is 0 Å². The van der Waals surface area contributed by atoms with Crippen LogP contribution in [0.2, 0.25) is 0 Å². The van der Waals surface area contributed by atoms with Crippen molar-refractivity contribution < 1.29 is 9.53 Å². The lowest BCUT2D eigenvalue weighted by Gasteiger charge is -2.20. The highest BCUT2D eigenvalue weighted by Crippen LogP contribution is 2.25. The number of carbonyl (C=O) groups is 1. The zero-order valence-corrected chi connectivity index (χ0v) is 13.9. The molecular formula is C17H20N6O2. The van der Waals surface area contributed by atoms with Gasteiger partial charge in [0.05, 0.1) is 12.1 Å². The molecule has 130 valence electrons. The molecule has 4 heterocycles. The van der Waals surface area contributed by atoms with Gasteiger partial charge < -0.3 is 14.6 Å². The van der Waals surface area contributed by atoms with Gasteiger partial charge in [-0.1, -0.05) is 0 Å². The normalized spacial score (nSPS) is 18.4. The molecule has 0 spiro atoms. The van der Waals surface area contributed by atoms with Crippen LogP contribution >= 0.6 is 0 Å². The van der Waals surface area contributed by atoms with Crippen LogP contribution in [0.25, 0.3) is 0 Å². The molecule has 1 amide bonds. The summed E-state index contributed by atoms with van der Waals surface area (Å²) in [4.78, 5) is 22.0. The Bertz CT molecular complexity index is 786. The van der Waals surface area contributed by atoms with Crippen LogP contribution in [-0.2, 0) is 17.7 Å². The Labute approximate surface area is 145 Å². The summed E-state index contributed by atoms with van der Waals surface area (Å²) < 4.78 is 7.34. The third kappa shape index (κ3) is 3.15. The fourth-order valence-corrected chi connectivity index (χ4v) is 3.40. The molecule has 0 bridgehead atoms. The van der Waals surface area contributed by atoms with Gasteiger partial charge in [-0.3, -0.25) is 4.79 Å². The summed E-state index contributed by atoms with van der Waals surface area (Å²) >= 11 is 0. The van der Waals surface area contributed by atoms with E-state index in [-0.39, 0.29) is 5.91 Å². The van der Waals surface area contributed by atoms with Gasteiger partial charge in [0.15, 0.2) is 5.82 Å². The van der Waals surface area contributed by atoms with E-state index >= 15 is 0 Å². The molecule has 25 heavy (non-hydrogen) atoms. The number of carbonyl (C=O) groups excluding carboxylic acids is 1. The average molecular weight is 340 g/mol. The zero-order chi connectivity index (χ0) is 17.2. The number of aromatic nitrogens is 4. The van der Waals surface area contributed by atoms with E-state index in [1.807, 2.05) is 10.8 Å². The SMILES string of the molecule is N#Cc1c[nH]c(C(=O)N2CCc3nc(C4CCOCC4)nn3CC2)c1. The summed E-state index contributed by atoms with van der Waals surface area (Å²) in [6.45, 7) is 3.38. The fraction of sp³-hybridized carbons (Fsp3) is 0.529. The summed E-state index contributed by atoms with van der Waals surface area (Å²) in [5.74, 6) is 2.16. The minimum atomic E-state index is -0.0862. The third-order valence-electron chi connectivity index (χ3n) is 4.87. The van der Waals surface area contributed by atoms with E-state index < -0.39 is 0 Å². The number of fused-ring (bicyclic) bond motifs is 1. The molecule has 0 aliphatic carbocycles. The maximum Gasteiger partial charge on any atom is 0.270 e. The van der Waals surface area contributed by atoms with E-state index in [4.69, 9.17) is 15.0 Å². The van der Waals surface area contributed by atoms with Gasteiger partial charge in [-0.15, -0.1) is 0 Å². The minimum absolute atomic E-state index is 0.0862. The number of aromatic amines is 1. The van der Waals surface area contributed by atoms with Gasteiger partial charge in [0.25, 0.3) is 5.91 Å². The first-order valence-corrected chi connectivity index (χ1v) is 8.64. The summed E-state index contributed by atoms with van der Waals surface area (Å²) in [7, 11) is 0. The molecule has 8 nitrogen and oxygen atoms in total. The van der Waals surface area contributed by atoms with Crippen molar-refractivity contribution in [3.8, 4) is 6.07 Å². The Hall–Kier alpha value is -2.66. The van der Waals surface area contributed by atoms with Crippen molar-refractivity contribution in [2.24, 2.45) is 0 Å². The molecule has 1 saturated heterocycles. The van der Waals surface area contributed by atoms with Crippen molar-refractivity contribution in [2.45, 2.75) is 31.7 Å². The second kappa shape index (κ2) is 6.69. The van der Waals surface area contributed by atoms with E-state index in [1.54, 1.807) is 17.2 Å². The third-order valence-corrected chi connectivity index (χ3v) is 4.87. The van der Waals surface area contributed by atoms with Gasteiger partial charge in [-0.2, -0.15) is 10.4 Å². The van der Waals surface area contributed by atoms with Crippen LogP contribution in [0.3, 0.4) is 0 Å². The average Bonchev–Trinajstić information content (AvgIpc) is 3.25. The van der Waals surface area contributed by atoms with E-state index in [9.17, 15) is 4.79 Å². The molecule has 1 fully saturated rings. The molecule has 4 rings (SSSR count). The van der Waals surface area contributed by atoms with Gasteiger partial charge in [-0.05, 0) is 18.9 Å². The standard InChI is InChI=1S/C17H20N6O2/c18-10-12-9-14(19-11-12)17(24)22-4-1-15-20-16(21-23(15)6-5-22)13-2-7-25-8-3-13/h9,11,13,19H,1-8H2.